The molecule has 52 heavy (non-hydrogen) atoms. The van der Waals surface area contributed by atoms with Crippen molar-refractivity contribution in [2.75, 3.05) is 4.90 Å². The van der Waals surface area contributed by atoms with Crippen LogP contribution in [0.2, 0.25) is 0 Å². The predicted octanol–water partition coefficient (Wildman–Crippen LogP) is 14.4. The first-order valence-electron chi connectivity index (χ1n) is 17.8. The van der Waals surface area contributed by atoms with Crippen molar-refractivity contribution in [1.82, 2.24) is 0 Å². The number of fused-ring (bicyclic) bond motifs is 6. The van der Waals surface area contributed by atoms with Gasteiger partial charge in [0.25, 0.3) is 0 Å². The first-order chi connectivity index (χ1) is 25.8. The molecule has 0 N–H and O–H groups in total. The maximum Gasteiger partial charge on any atom is 0.137 e. The maximum absolute atomic E-state index is 6.82. The Bertz CT molecular complexity index is 2780. The minimum Gasteiger partial charge on any atom is -0.456 e. The second kappa shape index (κ2) is 12.5. The summed E-state index contributed by atoms with van der Waals surface area (Å²) in [5, 5.41) is 7.13. The van der Waals surface area contributed by atoms with Crippen molar-refractivity contribution in [2.45, 2.75) is 0 Å². The average Bonchev–Trinajstić information content (AvgIpc) is 3.60. The summed E-state index contributed by atoms with van der Waals surface area (Å²) in [6, 6.07) is 71.5. The third-order valence-electron chi connectivity index (χ3n) is 10.3. The highest BCUT2D eigenvalue weighted by atomic mass is 16.3. The largest absolute Gasteiger partial charge is 0.456 e. The third-order valence-corrected chi connectivity index (χ3v) is 10.3. The standard InChI is InChI=1S/C50H33NO/c1-3-12-34(13-4-1)36-22-26-39(27-23-36)51(40-28-24-37(25-29-40)35-14-5-2-6-15-35)41-30-31-46-48(32-41)52-49-33-47(44-19-9-10-20-45(44)50(46)49)43-21-11-17-38-16-7-8-18-42(38)43/h1-33H. The molecule has 0 saturated carbocycles. The fourth-order valence-corrected chi connectivity index (χ4v) is 7.77. The lowest BCUT2D eigenvalue weighted by molar-refractivity contribution is 0.669. The highest BCUT2D eigenvalue weighted by molar-refractivity contribution is 6.23. The van der Waals surface area contributed by atoms with Crippen LogP contribution in [0.1, 0.15) is 0 Å². The smallest absolute Gasteiger partial charge is 0.137 e. The van der Waals surface area contributed by atoms with Crippen molar-refractivity contribution in [2.24, 2.45) is 0 Å². The van der Waals surface area contributed by atoms with E-state index in [0.29, 0.717) is 0 Å². The molecule has 0 spiro atoms. The molecule has 2 nitrogen and oxygen atoms in total. The Balaban J connectivity index is 1.14. The second-order valence-electron chi connectivity index (χ2n) is 13.3. The molecule has 0 amide bonds. The van der Waals surface area contributed by atoms with Gasteiger partial charge >= 0.3 is 0 Å². The van der Waals surface area contributed by atoms with E-state index >= 15 is 0 Å². The number of hydrogen-bond acceptors (Lipinski definition) is 2. The summed E-state index contributed by atoms with van der Waals surface area (Å²) in [4.78, 5) is 2.32. The van der Waals surface area contributed by atoms with E-state index in [0.717, 1.165) is 39.0 Å². The Morgan fingerprint density at radius 3 is 1.48 bits per heavy atom. The van der Waals surface area contributed by atoms with Gasteiger partial charge in [0, 0.05) is 33.9 Å². The Labute approximate surface area is 302 Å². The fourth-order valence-electron chi connectivity index (χ4n) is 7.77. The van der Waals surface area contributed by atoms with Crippen molar-refractivity contribution in [3.8, 4) is 33.4 Å². The van der Waals surface area contributed by atoms with E-state index in [2.05, 4.69) is 205 Å². The molecule has 2 heteroatoms. The Kier molecular flexibility index (Phi) is 7.18. The predicted molar refractivity (Wildman–Crippen MR) is 220 cm³/mol. The van der Waals surface area contributed by atoms with Crippen molar-refractivity contribution >= 4 is 60.5 Å². The van der Waals surface area contributed by atoms with E-state index < -0.39 is 0 Å². The Morgan fingerprint density at radius 1 is 0.308 bits per heavy atom. The molecule has 0 fully saturated rings. The van der Waals surface area contributed by atoms with Crippen LogP contribution in [0.25, 0.3) is 76.9 Å². The van der Waals surface area contributed by atoms with Crippen LogP contribution in [0.4, 0.5) is 17.1 Å². The van der Waals surface area contributed by atoms with E-state index in [1.807, 2.05) is 0 Å². The molecule has 1 heterocycles. The molecule has 0 atom stereocenters. The molecular formula is C50H33NO. The summed E-state index contributed by atoms with van der Waals surface area (Å²) in [6.07, 6.45) is 0. The molecule has 0 aliphatic carbocycles. The average molecular weight is 664 g/mol. The zero-order valence-electron chi connectivity index (χ0n) is 28.4. The number of hydrogen-bond donors (Lipinski definition) is 0. The number of benzene rings is 9. The maximum atomic E-state index is 6.82. The number of nitrogens with zero attached hydrogens (tertiary/aromatic N) is 1. The minimum absolute atomic E-state index is 0.861. The van der Waals surface area contributed by atoms with E-state index in [-0.39, 0.29) is 0 Å². The van der Waals surface area contributed by atoms with E-state index in [4.69, 9.17) is 4.42 Å². The van der Waals surface area contributed by atoms with Crippen LogP contribution < -0.4 is 4.90 Å². The van der Waals surface area contributed by atoms with Crippen LogP contribution in [0.15, 0.2) is 205 Å². The quantitative estimate of drug-likeness (QED) is 0.176. The molecule has 244 valence electrons. The van der Waals surface area contributed by atoms with Crippen molar-refractivity contribution < 1.29 is 4.42 Å². The minimum atomic E-state index is 0.861. The number of anilines is 3. The summed E-state index contributed by atoms with van der Waals surface area (Å²) in [6.45, 7) is 0. The molecule has 0 radical (unpaired) electrons. The van der Waals surface area contributed by atoms with Gasteiger partial charge in [0.15, 0.2) is 0 Å². The van der Waals surface area contributed by atoms with E-state index in [9.17, 15) is 0 Å². The van der Waals surface area contributed by atoms with Crippen LogP contribution >= 0.6 is 0 Å². The van der Waals surface area contributed by atoms with Gasteiger partial charge in [0.05, 0.1) is 0 Å². The fraction of sp³-hybridized carbons (Fsp3) is 0. The summed E-state index contributed by atoms with van der Waals surface area (Å²) in [5.74, 6) is 0. The van der Waals surface area contributed by atoms with Gasteiger partial charge in [-0.15, -0.1) is 0 Å². The summed E-state index contributed by atoms with van der Waals surface area (Å²) >= 11 is 0. The molecule has 0 saturated heterocycles. The van der Waals surface area contributed by atoms with Gasteiger partial charge in [-0.2, -0.15) is 0 Å². The van der Waals surface area contributed by atoms with E-state index in [1.54, 1.807) is 0 Å². The number of furan rings is 1. The van der Waals surface area contributed by atoms with Crippen molar-refractivity contribution in [3.05, 3.63) is 200 Å². The van der Waals surface area contributed by atoms with Gasteiger partial charge in [0.2, 0.25) is 0 Å². The first kappa shape index (κ1) is 30.0. The zero-order chi connectivity index (χ0) is 34.4. The number of rotatable bonds is 6. The molecule has 0 unspecified atom stereocenters. The lowest BCUT2D eigenvalue weighted by Gasteiger charge is -2.26. The van der Waals surface area contributed by atoms with Crippen LogP contribution in [0.3, 0.4) is 0 Å². The highest BCUT2D eigenvalue weighted by Gasteiger charge is 2.19. The monoisotopic (exact) mass is 663 g/mol. The van der Waals surface area contributed by atoms with Crippen LogP contribution in [-0.4, -0.2) is 0 Å². The van der Waals surface area contributed by atoms with Gasteiger partial charge in [-0.25, -0.2) is 0 Å². The molecular weight excluding hydrogens is 631 g/mol. The molecule has 0 aliphatic rings. The van der Waals surface area contributed by atoms with Crippen LogP contribution in [0.5, 0.6) is 0 Å². The summed E-state index contributed by atoms with van der Waals surface area (Å²) in [7, 11) is 0. The SMILES string of the molecule is c1ccc(-c2ccc(N(c3ccc(-c4ccccc4)cc3)c3ccc4c(c3)oc3cc(-c5cccc6ccccc56)c5ccccc5c34)cc2)cc1. The topological polar surface area (TPSA) is 16.4 Å². The second-order valence-corrected chi connectivity index (χ2v) is 13.3. The van der Waals surface area contributed by atoms with Gasteiger partial charge in [-0.1, -0.05) is 152 Å². The van der Waals surface area contributed by atoms with Gasteiger partial charge in [-0.05, 0) is 97.4 Å². The molecule has 10 rings (SSSR count). The van der Waals surface area contributed by atoms with Gasteiger partial charge in [-0.3, -0.25) is 0 Å². The Morgan fingerprint density at radius 2 is 0.827 bits per heavy atom. The highest BCUT2D eigenvalue weighted by Crippen LogP contribution is 2.44. The first-order valence-corrected chi connectivity index (χ1v) is 17.8. The molecule has 0 aliphatic heterocycles. The summed E-state index contributed by atoms with van der Waals surface area (Å²) < 4.78 is 6.82. The van der Waals surface area contributed by atoms with Crippen molar-refractivity contribution in [3.63, 3.8) is 0 Å². The lowest BCUT2D eigenvalue weighted by atomic mass is 9.92. The zero-order valence-corrected chi connectivity index (χ0v) is 28.4. The van der Waals surface area contributed by atoms with Crippen LogP contribution in [0, 0.1) is 0 Å². The molecule has 1 aromatic heterocycles. The lowest BCUT2D eigenvalue weighted by Crippen LogP contribution is -2.09. The molecule has 0 bridgehead atoms. The van der Waals surface area contributed by atoms with Crippen LogP contribution in [-0.2, 0) is 0 Å². The third kappa shape index (κ3) is 5.12. The van der Waals surface area contributed by atoms with E-state index in [1.165, 1.54) is 54.9 Å². The molecule has 9 aromatic carbocycles. The normalized spacial score (nSPS) is 11.5. The van der Waals surface area contributed by atoms with Gasteiger partial charge < -0.3 is 9.32 Å². The summed E-state index contributed by atoms with van der Waals surface area (Å²) in [5.41, 5.74) is 12.1. The van der Waals surface area contributed by atoms with Crippen molar-refractivity contribution in [1.29, 1.82) is 0 Å². The Hall–Kier alpha value is -6.90. The molecule has 10 aromatic rings. The van der Waals surface area contributed by atoms with Gasteiger partial charge in [0.1, 0.15) is 11.2 Å².